The molecule has 70 heavy (non-hydrogen) atoms. The van der Waals surface area contributed by atoms with Crippen molar-refractivity contribution in [3.63, 3.8) is 0 Å². The molecule has 0 aliphatic rings. The fraction of sp³-hybridized carbons (Fsp3) is 0.810. The van der Waals surface area contributed by atoms with Gasteiger partial charge in [-0.2, -0.15) is 0 Å². The Morgan fingerprint density at radius 3 is 1.16 bits per heavy atom. The number of allylic oxidation sites excluding steroid dienone is 8. The summed E-state index contributed by atoms with van der Waals surface area (Å²) in [4.78, 5) is 48.4. The highest BCUT2D eigenvalue weighted by atomic mass is 31.2. The Hall–Kier alpha value is -2.56. The standard InChI is InChI=1S/C58H105O11P/c1-4-7-10-13-16-19-22-24-26-27-29-30-33-35-38-41-44-47-56(60)65-51-55(69-58(62)49-46-43-40-37-34-31-28-25-23-20-17-14-11-8-5-2)53-67-70(63,64)66-52-54(50-59)68-57(61)48-45-42-39-36-32-21-18-15-12-9-6-3/h8,11,17,20,24-26,28,54-55,59H,4-7,9-10,12-16,18-19,21-23,27,29-53H2,1-3H3,(H,63,64)/b11-8-,20-17-,26-24-,28-25-. The molecule has 408 valence electrons. The second kappa shape index (κ2) is 52.8. The maximum absolute atomic E-state index is 12.9. The fourth-order valence-electron chi connectivity index (χ4n) is 7.90. The first kappa shape index (κ1) is 67.4. The molecule has 0 aromatic heterocycles. The summed E-state index contributed by atoms with van der Waals surface area (Å²) < 4.78 is 39.5. The topological polar surface area (TPSA) is 155 Å². The van der Waals surface area contributed by atoms with Crippen molar-refractivity contribution in [3.05, 3.63) is 48.6 Å². The molecule has 0 saturated carbocycles. The van der Waals surface area contributed by atoms with Gasteiger partial charge >= 0.3 is 25.7 Å². The molecule has 0 amide bonds. The number of phosphoric ester groups is 1. The van der Waals surface area contributed by atoms with Crippen LogP contribution in [0.1, 0.15) is 265 Å². The lowest BCUT2D eigenvalue weighted by Crippen LogP contribution is -2.30. The van der Waals surface area contributed by atoms with E-state index in [-0.39, 0.29) is 25.9 Å². The molecule has 11 nitrogen and oxygen atoms in total. The van der Waals surface area contributed by atoms with Crippen LogP contribution in [-0.2, 0) is 42.2 Å². The lowest BCUT2D eigenvalue weighted by atomic mass is 10.1. The summed E-state index contributed by atoms with van der Waals surface area (Å²) in [5.74, 6) is -1.48. The van der Waals surface area contributed by atoms with Crippen molar-refractivity contribution in [2.24, 2.45) is 0 Å². The van der Waals surface area contributed by atoms with Crippen molar-refractivity contribution in [2.45, 2.75) is 277 Å². The van der Waals surface area contributed by atoms with Gasteiger partial charge in [-0.3, -0.25) is 23.4 Å². The Morgan fingerprint density at radius 1 is 0.414 bits per heavy atom. The minimum Gasteiger partial charge on any atom is -0.462 e. The van der Waals surface area contributed by atoms with Gasteiger partial charge in [-0.1, -0.05) is 217 Å². The number of hydrogen-bond acceptors (Lipinski definition) is 10. The molecule has 3 atom stereocenters. The van der Waals surface area contributed by atoms with Crippen molar-refractivity contribution in [1.82, 2.24) is 0 Å². The maximum atomic E-state index is 12.9. The average molecular weight is 1010 g/mol. The van der Waals surface area contributed by atoms with Gasteiger partial charge in [0.25, 0.3) is 0 Å². The molecule has 0 rings (SSSR count). The number of hydrogen-bond donors (Lipinski definition) is 2. The van der Waals surface area contributed by atoms with Crippen LogP contribution in [0.5, 0.6) is 0 Å². The Morgan fingerprint density at radius 2 is 0.743 bits per heavy atom. The normalized spacial score (nSPS) is 13.7. The van der Waals surface area contributed by atoms with E-state index in [9.17, 15) is 28.9 Å². The van der Waals surface area contributed by atoms with Crippen LogP contribution < -0.4 is 0 Å². The van der Waals surface area contributed by atoms with Crippen molar-refractivity contribution < 1.29 is 52.2 Å². The number of rotatable bonds is 53. The van der Waals surface area contributed by atoms with Gasteiger partial charge in [0.2, 0.25) is 0 Å². The predicted octanol–water partition coefficient (Wildman–Crippen LogP) is 16.6. The van der Waals surface area contributed by atoms with E-state index in [1.54, 1.807) is 0 Å². The second-order valence-electron chi connectivity index (χ2n) is 19.1. The predicted molar refractivity (Wildman–Crippen MR) is 289 cm³/mol. The van der Waals surface area contributed by atoms with Crippen LogP contribution in [0.3, 0.4) is 0 Å². The van der Waals surface area contributed by atoms with Gasteiger partial charge in [-0.25, -0.2) is 4.57 Å². The highest BCUT2D eigenvalue weighted by molar-refractivity contribution is 7.47. The molecular formula is C58H105O11P. The molecule has 0 aliphatic heterocycles. The van der Waals surface area contributed by atoms with Gasteiger partial charge in [0.05, 0.1) is 19.8 Å². The summed E-state index contributed by atoms with van der Waals surface area (Å²) in [6, 6.07) is 0. The van der Waals surface area contributed by atoms with Gasteiger partial charge in [0.1, 0.15) is 12.7 Å². The zero-order valence-corrected chi connectivity index (χ0v) is 45.9. The van der Waals surface area contributed by atoms with Crippen LogP contribution in [0, 0.1) is 0 Å². The number of ether oxygens (including phenoxy) is 3. The van der Waals surface area contributed by atoms with E-state index in [0.29, 0.717) is 19.3 Å². The molecule has 3 unspecified atom stereocenters. The third kappa shape index (κ3) is 50.4. The number of phosphoric acid groups is 1. The van der Waals surface area contributed by atoms with Crippen LogP contribution in [0.25, 0.3) is 0 Å². The van der Waals surface area contributed by atoms with Gasteiger partial charge in [0.15, 0.2) is 6.10 Å². The van der Waals surface area contributed by atoms with Crippen LogP contribution >= 0.6 is 7.82 Å². The van der Waals surface area contributed by atoms with Gasteiger partial charge < -0.3 is 24.2 Å². The highest BCUT2D eigenvalue weighted by Gasteiger charge is 2.28. The van der Waals surface area contributed by atoms with Gasteiger partial charge in [-0.05, 0) is 77.0 Å². The molecule has 0 bridgehead atoms. The fourth-order valence-corrected chi connectivity index (χ4v) is 8.68. The van der Waals surface area contributed by atoms with Crippen LogP contribution in [0.15, 0.2) is 48.6 Å². The van der Waals surface area contributed by atoms with Crippen molar-refractivity contribution >= 4 is 25.7 Å². The van der Waals surface area contributed by atoms with E-state index in [0.717, 1.165) is 96.3 Å². The quantitative estimate of drug-likeness (QED) is 0.0197. The molecule has 2 N–H and O–H groups in total. The first-order valence-corrected chi connectivity index (χ1v) is 30.0. The molecule has 0 spiro atoms. The molecule has 0 fully saturated rings. The lowest BCUT2D eigenvalue weighted by molar-refractivity contribution is -0.161. The first-order chi connectivity index (χ1) is 34.2. The Kier molecular flexibility index (Phi) is 50.8. The van der Waals surface area contributed by atoms with Crippen molar-refractivity contribution in [1.29, 1.82) is 0 Å². The number of carbonyl (C=O) groups excluding carboxylic acids is 3. The summed E-state index contributed by atoms with van der Waals surface area (Å²) in [6.45, 7) is 4.52. The monoisotopic (exact) mass is 1010 g/mol. The number of aliphatic hydroxyl groups is 1. The van der Waals surface area contributed by atoms with E-state index >= 15 is 0 Å². The summed E-state index contributed by atoms with van der Waals surface area (Å²) >= 11 is 0. The third-order valence-electron chi connectivity index (χ3n) is 12.2. The SMILES string of the molecule is CC/C=C\C/C=C\C/C=C\CCCCCCCC(=O)OC(COC(=O)CCCCCCCCC/C=C\CCCCCCCC)COP(=O)(O)OCC(CO)OC(=O)CCCCCCCCCCCCC. The smallest absolute Gasteiger partial charge is 0.462 e. The second-order valence-corrected chi connectivity index (χ2v) is 20.5. The van der Waals surface area contributed by atoms with Crippen molar-refractivity contribution in [2.75, 3.05) is 26.4 Å². The van der Waals surface area contributed by atoms with Crippen LogP contribution in [0.4, 0.5) is 0 Å². The zero-order chi connectivity index (χ0) is 51.3. The van der Waals surface area contributed by atoms with Gasteiger partial charge in [0, 0.05) is 19.3 Å². The van der Waals surface area contributed by atoms with Crippen molar-refractivity contribution in [3.8, 4) is 0 Å². The van der Waals surface area contributed by atoms with E-state index < -0.39 is 57.8 Å². The minimum absolute atomic E-state index is 0.149. The number of unbranched alkanes of at least 4 members (excludes halogenated alkanes) is 28. The number of aliphatic hydroxyl groups excluding tert-OH is 1. The highest BCUT2D eigenvalue weighted by Crippen LogP contribution is 2.43. The zero-order valence-electron chi connectivity index (χ0n) is 45.0. The number of carbonyl (C=O) groups is 3. The Labute approximate surface area is 428 Å². The van der Waals surface area contributed by atoms with E-state index in [1.165, 1.54) is 109 Å². The Bertz CT molecular complexity index is 1360. The molecule has 0 aromatic rings. The number of esters is 3. The maximum Gasteiger partial charge on any atom is 0.472 e. The van der Waals surface area contributed by atoms with E-state index in [1.807, 2.05) is 0 Å². The molecule has 0 heterocycles. The summed E-state index contributed by atoms with van der Waals surface area (Å²) in [7, 11) is -4.75. The van der Waals surface area contributed by atoms with E-state index in [2.05, 4.69) is 69.4 Å². The Balaban J connectivity index is 4.74. The first-order valence-electron chi connectivity index (χ1n) is 28.5. The largest absolute Gasteiger partial charge is 0.472 e. The molecule has 0 aliphatic carbocycles. The summed E-state index contributed by atoms with van der Waals surface area (Å²) in [5, 5.41) is 9.79. The summed E-state index contributed by atoms with van der Waals surface area (Å²) in [6.07, 6.45) is 55.0. The lowest BCUT2D eigenvalue weighted by Gasteiger charge is -2.21. The molecule has 0 aromatic carbocycles. The van der Waals surface area contributed by atoms with Crippen LogP contribution in [0.2, 0.25) is 0 Å². The molecule has 12 heteroatoms. The van der Waals surface area contributed by atoms with E-state index in [4.69, 9.17) is 23.3 Å². The van der Waals surface area contributed by atoms with Crippen LogP contribution in [-0.4, -0.2) is 66.5 Å². The molecular weight excluding hydrogens is 904 g/mol. The molecule has 0 radical (unpaired) electrons. The average Bonchev–Trinajstić information content (AvgIpc) is 3.35. The van der Waals surface area contributed by atoms with Gasteiger partial charge in [-0.15, -0.1) is 0 Å². The molecule has 0 saturated heterocycles. The third-order valence-corrected chi connectivity index (χ3v) is 13.2. The summed E-state index contributed by atoms with van der Waals surface area (Å²) in [5.41, 5.74) is 0. The minimum atomic E-state index is -4.75.